The largest absolute Gasteiger partial charge is 0.374 e. The number of benzene rings is 1. The summed E-state index contributed by atoms with van der Waals surface area (Å²) in [7, 11) is 0. The van der Waals surface area contributed by atoms with Gasteiger partial charge in [0.15, 0.2) is 0 Å². The number of aldehydes is 1. The van der Waals surface area contributed by atoms with Crippen LogP contribution in [0.5, 0.6) is 0 Å². The summed E-state index contributed by atoms with van der Waals surface area (Å²) in [6.07, 6.45) is 1.86. The van der Waals surface area contributed by atoms with Crippen molar-refractivity contribution in [3.05, 3.63) is 35.9 Å². The van der Waals surface area contributed by atoms with Gasteiger partial charge in [0.25, 0.3) is 0 Å². The van der Waals surface area contributed by atoms with E-state index in [0.29, 0.717) is 26.1 Å². The molecule has 0 heterocycles. The molecule has 1 aromatic rings. The Kier molecular flexibility index (Phi) is 6.88. The molecule has 1 unspecified atom stereocenters. The molecule has 0 bridgehead atoms. The van der Waals surface area contributed by atoms with Gasteiger partial charge < -0.3 is 13.7 Å². The molecule has 0 aliphatic carbocycles. The van der Waals surface area contributed by atoms with Crippen LogP contribution in [-0.2, 0) is 20.3 Å². The number of hydrogen-bond acceptors (Lipinski definition) is 4. The van der Waals surface area contributed by atoms with Crippen LogP contribution in [0.2, 0.25) is 0 Å². The van der Waals surface area contributed by atoms with Crippen molar-refractivity contribution in [1.29, 1.82) is 0 Å². The maximum Gasteiger partial charge on any atom is 0.120 e. The van der Waals surface area contributed by atoms with Crippen LogP contribution in [-0.4, -0.2) is 19.0 Å². The minimum absolute atomic E-state index is 0.128. The first kappa shape index (κ1) is 13.2. The van der Waals surface area contributed by atoms with Gasteiger partial charge in [0.1, 0.15) is 6.29 Å². The minimum atomic E-state index is -0.128. The van der Waals surface area contributed by atoms with Gasteiger partial charge in [0, 0.05) is 6.42 Å². The van der Waals surface area contributed by atoms with Gasteiger partial charge in [-0.15, -0.1) is 0 Å². The molecule has 1 aromatic carbocycles. The fourth-order valence-electron chi connectivity index (χ4n) is 1.30. The fourth-order valence-corrected chi connectivity index (χ4v) is 1.47. The molecule has 3 nitrogen and oxygen atoms in total. The number of thiol groups is 1. The molecule has 0 aliphatic rings. The van der Waals surface area contributed by atoms with E-state index in [0.717, 1.165) is 11.8 Å². The Labute approximate surface area is 101 Å². The van der Waals surface area contributed by atoms with Crippen LogP contribution in [0.4, 0.5) is 0 Å². The van der Waals surface area contributed by atoms with Crippen molar-refractivity contribution in [3.8, 4) is 0 Å². The lowest BCUT2D eigenvalue weighted by Gasteiger charge is -2.13. The Bertz CT molecular complexity index is 290. The Morgan fingerprint density at radius 2 is 2.06 bits per heavy atom. The first-order chi connectivity index (χ1) is 7.86. The summed E-state index contributed by atoms with van der Waals surface area (Å²) in [5.41, 5.74) is 1.12. The lowest BCUT2D eigenvalue weighted by Crippen LogP contribution is -2.16. The molecule has 0 aliphatic heterocycles. The zero-order valence-electron chi connectivity index (χ0n) is 9.04. The average molecular weight is 240 g/mol. The zero-order chi connectivity index (χ0) is 11.6. The maximum absolute atomic E-state index is 10.2. The van der Waals surface area contributed by atoms with Crippen molar-refractivity contribution >= 4 is 19.2 Å². The summed E-state index contributed by atoms with van der Waals surface area (Å²) in [6, 6.07) is 9.91. The highest BCUT2D eigenvalue weighted by Crippen LogP contribution is 2.06. The van der Waals surface area contributed by atoms with E-state index in [2.05, 4.69) is 12.9 Å². The SMILES string of the molecule is O=CCCC(COCc1ccccc1)OS. The molecule has 0 N–H and O–H groups in total. The van der Waals surface area contributed by atoms with E-state index in [4.69, 9.17) is 8.92 Å². The van der Waals surface area contributed by atoms with E-state index >= 15 is 0 Å². The molecule has 0 saturated carbocycles. The van der Waals surface area contributed by atoms with Gasteiger partial charge in [-0.1, -0.05) is 30.3 Å². The number of carbonyl (C=O) groups excluding carboxylic acids is 1. The topological polar surface area (TPSA) is 35.5 Å². The number of rotatable bonds is 8. The molecular weight excluding hydrogens is 224 g/mol. The van der Waals surface area contributed by atoms with E-state index in [-0.39, 0.29) is 6.10 Å². The quantitative estimate of drug-likeness (QED) is 0.430. The average Bonchev–Trinajstić information content (AvgIpc) is 2.35. The molecule has 4 heteroatoms. The highest BCUT2D eigenvalue weighted by molar-refractivity contribution is 7.75. The van der Waals surface area contributed by atoms with Crippen molar-refractivity contribution in [2.45, 2.75) is 25.6 Å². The van der Waals surface area contributed by atoms with Crippen LogP contribution in [0.15, 0.2) is 30.3 Å². The number of ether oxygens (including phenoxy) is 1. The molecular formula is C12H16O3S. The van der Waals surface area contributed by atoms with Gasteiger partial charge in [-0.05, 0) is 24.9 Å². The summed E-state index contributed by atoms with van der Waals surface area (Å²) >= 11 is 3.75. The van der Waals surface area contributed by atoms with Crippen LogP contribution in [0.1, 0.15) is 18.4 Å². The van der Waals surface area contributed by atoms with Gasteiger partial charge in [-0.3, -0.25) is 0 Å². The highest BCUT2D eigenvalue weighted by atomic mass is 32.1. The van der Waals surface area contributed by atoms with Crippen LogP contribution in [0.3, 0.4) is 0 Å². The highest BCUT2D eigenvalue weighted by Gasteiger charge is 2.07. The van der Waals surface area contributed by atoms with Crippen LogP contribution < -0.4 is 0 Å². The summed E-state index contributed by atoms with van der Waals surface area (Å²) in [5.74, 6) is 0. The monoisotopic (exact) mass is 240 g/mol. The van der Waals surface area contributed by atoms with Crippen LogP contribution >= 0.6 is 12.9 Å². The molecule has 16 heavy (non-hydrogen) atoms. The summed E-state index contributed by atoms with van der Waals surface area (Å²) in [6.45, 7) is 1.00. The Morgan fingerprint density at radius 1 is 1.31 bits per heavy atom. The summed E-state index contributed by atoms with van der Waals surface area (Å²) in [4.78, 5) is 10.2. The molecule has 88 valence electrons. The summed E-state index contributed by atoms with van der Waals surface area (Å²) in [5, 5.41) is 0. The first-order valence-corrected chi connectivity index (χ1v) is 5.59. The fraction of sp³-hybridized carbons (Fsp3) is 0.417. The van der Waals surface area contributed by atoms with E-state index < -0.39 is 0 Å². The third-order valence-electron chi connectivity index (χ3n) is 2.17. The van der Waals surface area contributed by atoms with E-state index in [1.165, 1.54) is 0 Å². The Morgan fingerprint density at radius 3 is 2.69 bits per heavy atom. The molecule has 0 radical (unpaired) electrons. The van der Waals surface area contributed by atoms with Gasteiger partial charge in [-0.25, -0.2) is 0 Å². The van der Waals surface area contributed by atoms with Gasteiger partial charge in [0.05, 0.1) is 19.3 Å². The molecule has 1 rings (SSSR count). The Balaban J connectivity index is 2.20. The van der Waals surface area contributed by atoms with Gasteiger partial charge in [-0.2, -0.15) is 0 Å². The predicted octanol–water partition coefficient (Wildman–Crippen LogP) is 2.41. The summed E-state index contributed by atoms with van der Waals surface area (Å²) < 4.78 is 10.4. The Hall–Kier alpha value is -0.840. The lowest BCUT2D eigenvalue weighted by molar-refractivity contribution is -0.108. The van der Waals surface area contributed by atoms with Crippen LogP contribution in [0, 0.1) is 0 Å². The van der Waals surface area contributed by atoms with E-state index in [1.54, 1.807) is 0 Å². The van der Waals surface area contributed by atoms with Crippen molar-refractivity contribution in [1.82, 2.24) is 0 Å². The maximum atomic E-state index is 10.2. The van der Waals surface area contributed by atoms with Crippen molar-refractivity contribution in [2.24, 2.45) is 0 Å². The second-order valence-electron chi connectivity index (χ2n) is 3.47. The standard InChI is InChI=1S/C12H16O3S/c13-8-4-7-12(15-16)10-14-9-11-5-2-1-3-6-11/h1-3,5-6,8,12,16H,4,7,9-10H2. The second-order valence-corrected chi connectivity index (χ2v) is 3.68. The van der Waals surface area contributed by atoms with Gasteiger partial charge >= 0.3 is 0 Å². The van der Waals surface area contributed by atoms with Crippen LogP contribution in [0.25, 0.3) is 0 Å². The molecule has 1 atom stereocenters. The van der Waals surface area contributed by atoms with Gasteiger partial charge in [0.2, 0.25) is 0 Å². The number of hydrogen-bond donors (Lipinski definition) is 1. The first-order valence-electron chi connectivity index (χ1n) is 5.22. The molecule has 0 spiro atoms. The van der Waals surface area contributed by atoms with Crippen molar-refractivity contribution in [3.63, 3.8) is 0 Å². The molecule has 0 fully saturated rings. The number of carbonyl (C=O) groups is 1. The predicted molar refractivity (Wildman–Crippen MR) is 65.3 cm³/mol. The van der Waals surface area contributed by atoms with E-state index in [9.17, 15) is 4.79 Å². The van der Waals surface area contributed by atoms with E-state index in [1.807, 2.05) is 30.3 Å². The van der Waals surface area contributed by atoms with Crippen molar-refractivity contribution in [2.75, 3.05) is 6.61 Å². The molecule has 0 aromatic heterocycles. The second kappa shape index (κ2) is 8.33. The molecule has 0 saturated heterocycles. The third kappa shape index (κ3) is 5.30. The smallest absolute Gasteiger partial charge is 0.120 e. The third-order valence-corrected chi connectivity index (χ3v) is 2.47. The lowest BCUT2D eigenvalue weighted by atomic mass is 10.2. The van der Waals surface area contributed by atoms with Crippen molar-refractivity contribution < 1.29 is 13.7 Å². The normalized spacial score (nSPS) is 12.3. The minimum Gasteiger partial charge on any atom is -0.374 e. The zero-order valence-corrected chi connectivity index (χ0v) is 9.94. The molecule has 0 amide bonds.